The number of nitrogens with one attached hydrogen (secondary N) is 1. The second kappa shape index (κ2) is 9.64. The van der Waals surface area contributed by atoms with Gasteiger partial charge in [0, 0.05) is 4.88 Å². The Balaban J connectivity index is 1.54. The first-order valence-electron chi connectivity index (χ1n) is 10.6. The number of hydrazone groups is 1. The van der Waals surface area contributed by atoms with Gasteiger partial charge in [0.05, 0.1) is 36.6 Å². The molecule has 1 amide bonds. The number of amides is 1. The summed E-state index contributed by atoms with van der Waals surface area (Å²) >= 11 is 5.02. The smallest absolute Gasteiger partial charge is 0.263 e. The molecule has 174 valence electrons. The third-order valence-electron chi connectivity index (χ3n) is 5.88. The number of carbonyl (C=O) groups excluding carboxylic acids is 1. The van der Waals surface area contributed by atoms with Crippen molar-refractivity contribution in [2.24, 2.45) is 11.0 Å². The summed E-state index contributed by atoms with van der Waals surface area (Å²) in [6, 6.07) is 2.77. The molecule has 0 radical (unpaired) electrons. The van der Waals surface area contributed by atoms with E-state index in [9.17, 15) is 9.59 Å². The Hall–Kier alpha value is -2.72. The van der Waals surface area contributed by atoms with Crippen LogP contribution in [0.15, 0.2) is 32.8 Å². The summed E-state index contributed by atoms with van der Waals surface area (Å²) in [5.74, 6) is 1.31. The van der Waals surface area contributed by atoms with Crippen molar-refractivity contribution in [3.63, 3.8) is 0 Å². The van der Waals surface area contributed by atoms with E-state index in [-0.39, 0.29) is 5.56 Å². The molecule has 2 aromatic heterocycles. The van der Waals surface area contributed by atoms with E-state index in [0.717, 1.165) is 29.7 Å². The van der Waals surface area contributed by atoms with Crippen LogP contribution in [0.25, 0.3) is 10.2 Å². The van der Waals surface area contributed by atoms with Gasteiger partial charge >= 0.3 is 0 Å². The van der Waals surface area contributed by atoms with Crippen LogP contribution in [0.3, 0.4) is 0 Å². The summed E-state index contributed by atoms with van der Waals surface area (Å²) in [7, 11) is 3.10. The van der Waals surface area contributed by atoms with Crippen LogP contribution in [0, 0.1) is 5.92 Å². The highest BCUT2D eigenvalue weighted by molar-refractivity contribution is 9.10. The Bertz CT molecular complexity index is 1300. The summed E-state index contributed by atoms with van der Waals surface area (Å²) in [5.41, 5.74) is 4.13. The van der Waals surface area contributed by atoms with Crippen LogP contribution in [-0.2, 0) is 17.6 Å². The van der Waals surface area contributed by atoms with Gasteiger partial charge in [-0.2, -0.15) is 5.10 Å². The first-order chi connectivity index (χ1) is 15.8. The van der Waals surface area contributed by atoms with Gasteiger partial charge in [0.2, 0.25) is 0 Å². The molecule has 0 saturated heterocycles. The molecular formula is C23H25BrN4O4S. The zero-order valence-corrected chi connectivity index (χ0v) is 21.2. The molecule has 0 aliphatic heterocycles. The van der Waals surface area contributed by atoms with Crippen molar-refractivity contribution in [3.05, 3.63) is 49.3 Å². The number of aryl methyl sites for hydroxylation is 1. The molecule has 2 heterocycles. The molecule has 0 bridgehead atoms. The number of benzene rings is 1. The van der Waals surface area contributed by atoms with Crippen LogP contribution in [0.5, 0.6) is 11.5 Å². The molecule has 0 saturated carbocycles. The number of hydrogen-bond donors (Lipinski definition) is 1. The second-order valence-corrected chi connectivity index (χ2v) is 10.1. The monoisotopic (exact) mass is 532 g/mol. The standard InChI is InChI=1S/C23H25BrN4O4S/c1-12-5-6-15-18(7-12)33-22-19(15)23(30)28(11-25-22)13(2)21(29)27-26-10-14-8-16(24)20(32-4)17(9-14)31-3/h8-13H,5-7H2,1-4H3,(H,27,29)/b26-10-/t12-,13-/m1/s1. The molecule has 1 aliphatic rings. The summed E-state index contributed by atoms with van der Waals surface area (Å²) < 4.78 is 12.7. The molecule has 0 fully saturated rings. The Labute approximate surface area is 203 Å². The summed E-state index contributed by atoms with van der Waals surface area (Å²) in [6.45, 7) is 3.89. The third kappa shape index (κ3) is 4.54. The van der Waals surface area contributed by atoms with Crippen molar-refractivity contribution in [1.82, 2.24) is 15.0 Å². The molecule has 0 unspecified atom stereocenters. The zero-order chi connectivity index (χ0) is 23.7. The van der Waals surface area contributed by atoms with Gasteiger partial charge in [-0.3, -0.25) is 14.2 Å². The lowest BCUT2D eigenvalue weighted by Gasteiger charge is -2.18. The molecule has 2 atom stereocenters. The lowest BCUT2D eigenvalue weighted by molar-refractivity contribution is -0.123. The highest BCUT2D eigenvalue weighted by Gasteiger charge is 2.25. The Kier molecular flexibility index (Phi) is 6.85. The van der Waals surface area contributed by atoms with Crippen LogP contribution in [-0.4, -0.2) is 35.9 Å². The fraction of sp³-hybridized carbons (Fsp3) is 0.391. The molecule has 33 heavy (non-hydrogen) atoms. The van der Waals surface area contributed by atoms with Crippen molar-refractivity contribution < 1.29 is 14.3 Å². The normalized spacial score (nSPS) is 16.6. The molecule has 1 N–H and O–H groups in total. The molecule has 0 spiro atoms. The van der Waals surface area contributed by atoms with Gasteiger partial charge in [-0.15, -0.1) is 11.3 Å². The predicted molar refractivity (Wildman–Crippen MR) is 133 cm³/mol. The quantitative estimate of drug-likeness (QED) is 0.381. The minimum atomic E-state index is -0.762. The highest BCUT2D eigenvalue weighted by Crippen LogP contribution is 2.36. The largest absolute Gasteiger partial charge is 0.493 e. The Morgan fingerprint density at radius 2 is 2.18 bits per heavy atom. The van der Waals surface area contributed by atoms with Crippen molar-refractivity contribution in [2.75, 3.05) is 14.2 Å². The van der Waals surface area contributed by atoms with Crippen LogP contribution in [0.2, 0.25) is 0 Å². The number of aromatic nitrogens is 2. The zero-order valence-electron chi connectivity index (χ0n) is 18.8. The lowest BCUT2D eigenvalue weighted by Crippen LogP contribution is -2.34. The SMILES string of the molecule is COc1cc(/C=N\NC(=O)[C@@H](C)n2cnc3sc4c(c3c2=O)CC[C@@H](C)C4)cc(Br)c1OC. The second-order valence-electron chi connectivity index (χ2n) is 8.14. The maximum absolute atomic E-state index is 13.2. The van der Waals surface area contributed by atoms with E-state index < -0.39 is 11.9 Å². The number of nitrogens with zero attached hydrogens (tertiary/aromatic N) is 3. The van der Waals surface area contributed by atoms with E-state index in [0.29, 0.717) is 32.8 Å². The number of fused-ring (bicyclic) bond motifs is 3. The van der Waals surface area contributed by atoms with Crippen LogP contribution in [0.4, 0.5) is 0 Å². The minimum Gasteiger partial charge on any atom is -0.493 e. The minimum absolute atomic E-state index is 0.178. The average Bonchev–Trinajstić information content (AvgIpc) is 3.16. The van der Waals surface area contributed by atoms with Crippen molar-refractivity contribution in [2.45, 2.75) is 39.2 Å². The van der Waals surface area contributed by atoms with Crippen LogP contribution >= 0.6 is 27.3 Å². The Morgan fingerprint density at radius 1 is 1.39 bits per heavy atom. The Morgan fingerprint density at radius 3 is 2.91 bits per heavy atom. The van der Waals surface area contributed by atoms with Gasteiger partial charge in [0.1, 0.15) is 10.9 Å². The molecular weight excluding hydrogens is 508 g/mol. The van der Waals surface area contributed by atoms with Gasteiger partial charge in [-0.1, -0.05) is 6.92 Å². The lowest BCUT2D eigenvalue weighted by atomic mass is 9.89. The number of hydrogen-bond acceptors (Lipinski definition) is 7. The maximum atomic E-state index is 13.2. The number of methoxy groups -OCH3 is 2. The average molecular weight is 533 g/mol. The number of thiophene rings is 1. The molecule has 10 heteroatoms. The van der Waals surface area contributed by atoms with E-state index in [2.05, 4.69) is 38.4 Å². The first-order valence-corrected chi connectivity index (χ1v) is 12.2. The highest BCUT2D eigenvalue weighted by atomic mass is 79.9. The van der Waals surface area contributed by atoms with Gasteiger partial charge in [-0.05, 0) is 71.3 Å². The fourth-order valence-corrected chi connectivity index (χ4v) is 5.99. The molecule has 4 rings (SSSR count). The number of halogens is 1. The summed E-state index contributed by atoms with van der Waals surface area (Å²) in [6.07, 6.45) is 5.87. The van der Waals surface area contributed by atoms with Crippen molar-refractivity contribution in [3.8, 4) is 11.5 Å². The van der Waals surface area contributed by atoms with Gasteiger partial charge < -0.3 is 9.47 Å². The predicted octanol–water partition coefficient (Wildman–Crippen LogP) is 4.07. The summed E-state index contributed by atoms with van der Waals surface area (Å²) in [5, 5.41) is 4.70. The van der Waals surface area contributed by atoms with Crippen LogP contribution in [0.1, 0.15) is 42.3 Å². The third-order valence-corrected chi connectivity index (χ3v) is 7.63. The van der Waals surface area contributed by atoms with Gasteiger partial charge in [-0.25, -0.2) is 10.4 Å². The fourth-order valence-electron chi connectivity index (χ4n) is 4.02. The van der Waals surface area contributed by atoms with E-state index in [4.69, 9.17) is 9.47 Å². The summed E-state index contributed by atoms with van der Waals surface area (Å²) in [4.78, 5) is 32.4. The van der Waals surface area contributed by atoms with E-state index in [1.54, 1.807) is 44.6 Å². The maximum Gasteiger partial charge on any atom is 0.263 e. The topological polar surface area (TPSA) is 94.8 Å². The molecule has 8 nitrogen and oxygen atoms in total. The van der Waals surface area contributed by atoms with E-state index >= 15 is 0 Å². The van der Waals surface area contributed by atoms with E-state index in [1.165, 1.54) is 22.0 Å². The molecule has 1 aromatic carbocycles. The number of carbonyl (C=O) groups is 1. The molecule has 3 aromatic rings. The van der Waals surface area contributed by atoms with E-state index in [1.807, 2.05) is 0 Å². The van der Waals surface area contributed by atoms with Crippen molar-refractivity contribution in [1.29, 1.82) is 0 Å². The number of ether oxygens (including phenoxy) is 2. The van der Waals surface area contributed by atoms with Gasteiger partial charge in [0.15, 0.2) is 11.5 Å². The first kappa shape index (κ1) is 23.4. The van der Waals surface area contributed by atoms with Crippen molar-refractivity contribution >= 4 is 49.6 Å². The van der Waals surface area contributed by atoms with Gasteiger partial charge in [0.25, 0.3) is 11.5 Å². The van der Waals surface area contributed by atoms with Crippen LogP contribution < -0.4 is 20.5 Å². The number of rotatable bonds is 6. The molecule has 1 aliphatic carbocycles.